The van der Waals surface area contributed by atoms with Crippen molar-refractivity contribution in [3.05, 3.63) is 42.5 Å². The molecule has 0 radical (unpaired) electrons. The van der Waals surface area contributed by atoms with Gasteiger partial charge >= 0.3 is 0 Å². The summed E-state index contributed by atoms with van der Waals surface area (Å²) in [5.74, 6) is -1.000. The molecule has 7 nitrogen and oxygen atoms in total. The molecule has 27 heavy (non-hydrogen) atoms. The maximum Gasteiger partial charge on any atom is 0.246 e. The van der Waals surface area contributed by atoms with Crippen LogP contribution in [0.4, 0.5) is 5.69 Å². The minimum absolute atomic E-state index is 0.161. The Balaban J connectivity index is 2.03. The fourth-order valence-corrected chi connectivity index (χ4v) is 2.71. The lowest BCUT2D eigenvalue weighted by molar-refractivity contribution is -0.127. The summed E-state index contributed by atoms with van der Waals surface area (Å²) in [6, 6.07) is 12.8. The molecule has 0 fully saturated rings. The largest absolute Gasteiger partial charge is 0.347 e. The summed E-state index contributed by atoms with van der Waals surface area (Å²) in [5.41, 5.74) is 6.18. The molecule has 0 aliphatic rings. The Hall–Kier alpha value is -2.93. The molecule has 0 heterocycles. The van der Waals surface area contributed by atoms with E-state index in [-0.39, 0.29) is 18.4 Å². The summed E-state index contributed by atoms with van der Waals surface area (Å²) in [6.07, 6.45) is 1.95. The van der Waals surface area contributed by atoms with Gasteiger partial charge in [0.2, 0.25) is 17.7 Å². The lowest BCUT2D eigenvalue weighted by Crippen LogP contribution is -2.47. The van der Waals surface area contributed by atoms with Gasteiger partial charge in [-0.1, -0.05) is 30.3 Å². The summed E-state index contributed by atoms with van der Waals surface area (Å²) in [4.78, 5) is 35.6. The third kappa shape index (κ3) is 6.71. The fourth-order valence-electron chi connectivity index (χ4n) is 2.71. The molecule has 144 valence electrons. The number of anilines is 1. The molecule has 0 spiro atoms. The first-order chi connectivity index (χ1) is 13.0. The Bertz CT molecular complexity index is 807. The van der Waals surface area contributed by atoms with Crippen LogP contribution >= 0.6 is 0 Å². The number of hydrogen-bond acceptors (Lipinski definition) is 4. The van der Waals surface area contributed by atoms with E-state index in [1.165, 1.54) is 6.92 Å². The van der Waals surface area contributed by atoms with E-state index >= 15 is 0 Å². The van der Waals surface area contributed by atoms with Gasteiger partial charge in [0.05, 0.1) is 6.54 Å². The van der Waals surface area contributed by atoms with Gasteiger partial charge in [-0.15, -0.1) is 0 Å². The number of rotatable bonds is 9. The maximum absolute atomic E-state index is 12.7. The first-order valence-corrected chi connectivity index (χ1v) is 9.03. The van der Waals surface area contributed by atoms with Gasteiger partial charge in [0.25, 0.3) is 0 Å². The van der Waals surface area contributed by atoms with E-state index in [4.69, 9.17) is 5.73 Å². The van der Waals surface area contributed by atoms with Gasteiger partial charge in [-0.3, -0.25) is 14.4 Å². The van der Waals surface area contributed by atoms with Crippen molar-refractivity contribution in [1.29, 1.82) is 0 Å². The monoisotopic (exact) mass is 370 g/mol. The number of unbranched alkanes of at least 4 members (excludes halogenated alkanes) is 1. The van der Waals surface area contributed by atoms with Crippen LogP contribution in [0.1, 0.15) is 26.2 Å². The standard InChI is InChI=1S/C20H26N4O3/c1-14(25)22-13-19(26)24-18(8-4-5-11-21)20(27)23-17-10-9-15-6-2-3-7-16(15)12-17/h2-3,6-7,9-10,12,18H,4-5,8,11,13,21H2,1H3,(H,22,25)(H,23,27)(H,24,26). The fraction of sp³-hybridized carbons (Fsp3) is 0.350. The lowest BCUT2D eigenvalue weighted by atomic mass is 10.1. The number of nitrogens with two attached hydrogens (primary N) is 1. The Morgan fingerprint density at radius 3 is 2.48 bits per heavy atom. The Labute approximate surface area is 158 Å². The highest BCUT2D eigenvalue weighted by molar-refractivity contribution is 5.99. The SMILES string of the molecule is CC(=O)NCC(=O)NC(CCCCN)C(=O)Nc1ccc2ccccc2c1. The molecule has 0 saturated heterocycles. The average molecular weight is 370 g/mol. The highest BCUT2D eigenvalue weighted by atomic mass is 16.2. The highest BCUT2D eigenvalue weighted by Crippen LogP contribution is 2.19. The van der Waals surface area contributed by atoms with Crippen LogP contribution < -0.4 is 21.7 Å². The predicted molar refractivity (Wildman–Crippen MR) is 106 cm³/mol. The molecule has 0 bridgehead atoms. The topological polar surface area (TPSA) is 113 Å². The molecule has 7 heteroatoms. The molecule has 0 aliphatic heterocycles. The number of amides is 3. The summed E-state index contributed by atoms with van der Waals surface area (Å²) in [5, 5.41) is 10.1. The Morgan fingerprint density at radius 2 is 1.78 bits per heavy atom. The van der Waals surface area contributed by atoms with Gasteiger partial charge in [0.15, 0.2) is 0 Å². The van der Waals surface area contributed by atoms with Crippen molar-refractivity contribution in [2.45, 2.75) is 32.2 Å². The summed E-state index contributed by atoms with van der Waals surface area (Å²) < 4.78 is 0. The van der Waals surface area contributed by atoms with E-state index in [0.29, 0.717) is 25.1 Å². The van der Waals surface area contributed by atoms with Crippen LogP contribution in [-0.4, -0.2) is 36.9 Å². The zero-order valence-electron chi connectivity index (χ0n) is 15.5. The molecule has 0 saturated carbocycles. The van der Waals surface area contributed by atoms with E-state index in [2.05, 4.69) is 16.0 Å². The number of hydrogen-bond donors (Lipinski definition) is 4. The van der Waals surface area contributed by atoms with Gasteiger partial charge in [-0.25, -0.2) is 0 Å². The predicted octanol–water partition coefficient (Wildman–Crippen LogP) is 1.53. The van der Waals surface area contributed by atoms with Crippen molar-refractivity contribution in [3.63, 3.8) is 0 Å². The number of carbonyl (C=O) groups is 3. The van der Waals surface area contributed by atoms with Crippen LogP contribution in [0.2, 0.25) is 0 Å². The van der Waals surface area contributed by atoms with Gasteiger partial charge in [0.1, 0.15) is 6.04 Å². The Kier molecular flexibility index (Phi) is 7.76. The summed E-state index contributed by atoms with van der Waals surface area (Å²) in [7, 11) is 0. The molecule has 2 aromatic carbocycles. The molecule has 1 unspecified atom stereocenters. The zero-order chi connectivity index (χ0) is 19.6. The summed E-state index contributed by atoms with van der Waals surface area (Å²) in [6.45, 7) is 1.70. The summed E-state index contributed by atoms with van der Waals surface area (Å²) >= 11 is 0. The minimum atomic E-state index is -0.690. The van der Waals surface area contributed by atoms with Gasteiger partial charge in [0, 0.05) is 12.6 Å². The van der Waals surface area contributed by atoms with Crippen molar-refractivity contribution in [2.75, 3.05) is 18.4 Å². The normalized spacial score (nSPS) is 11.6. The molecule has 5 N–H and O–H groups in total. The lowest BCUT2D eigenvalue weighted by Gasteiger charge is -2.19. The van der Waals surface area contributed by atoms with E-state index < -0.39 is 11.9 Å². The van der Waals surface area contributed by atoms with E-state index in [1.807, 2.05) is 42.5 Å². The first-order valence-electron chi connectivity index (χ1n) is 9.03. The van der Waals surface area contributed by atoms with Crippen LogP contribution in [0.3, 0.4) is 0 Å². The third-order valence-electron chi connectivity index (χ3n) is 4.11. The quantitative estimate of drug-likeness (QED) is 0.501. The number of fused-ring (bicyclic) bond motifs is 1. The van der Waals surface area contributed by atoms with Crippen molar-refractivity contribution >= 4 is 34.2 Å². The molecular formula is C20H26N4O3. The molecule has 2 aromatic rings. The van der Waals surface area contributed by atoms with Crippen molar-refractivity contribution in [3.8, 4) is 0 Å². The number of nitrogens with one attached hydrogen (secondary N) is 3. The van der Waals surface area contributed by atoms with E-state index in [9.17, 15) is 14.4 Å². The second kappa shape index (κ2) is 10.3. The van der Waals surface area contributed by atoms with Crippen LogP contribution in [0.5, 0.6) is 0 Å². The van der Waals surface area contributed by atoms with Gasteiger partial charge in [-0.2, -0.15) is 0 Å². The van der Waals surface area contributed by atoms with Crippen LogP contribution in [0, 0.1) is 0 Å². The van der Waals surface area contributed by atoms with Gasteiger partial charge in [-0.05, 0) is 48.7 Å². The molecule has 3 amide bonds. The van der Waals surface area contributed by atoms with Crippen LogP contribution in [-0.2, 0) is 14.4 Å². The highest BCUT2D eigenvalue weighted by Gasteiger charge is 2.20. The first kappa shape index (κ1) is 20.4. The average Bonchev–Trinajstić information content (AvgIpc) is 2.65. The van der Waals surface area contributed by atoms with Gasteiger partial charge < -0.3 is 21.7 Å². The zero-order valence-corrected chi connectivity index (χ0v) is 15.5. The van der Waals surface area contributed by atoms with E-state index in [1.54, 1.807) is 0 Å². The van der Waals surface area contributed by atoms with Crippen LogP contribution in [0.15, 0.2) is 42.5 Å². The third-order valence-corrected chi connectivity index (χ3v) is 4.11. The maximum atomic E-state index is 12.7. The molecule has 1 atom stereocenters. The molecular weight excluding hydrogens is 344 g/mol. The number of benzene rings is 2. The smallest absolute Gasteiger partial charge is 0.246 e. The molecule has 2 rings (SSSR count). The second-order valence-electron chi connectivity index (χ2n) is 6.37. The van der Waals surface area contributed by atoms with Crippen molar-refractivity contribution < 1.29 is 14.4 Å². The second-order valence-corrected chi connectivity index (χ2v) is 6.37. The Morgan fingerprint density at radius 1 is 1.04 bits per heavy atom. The van der Waals surface area contributed by atoms with Crippen LogP contribution in [0.25, 0.3) is 10.8 Å². The van der Waals surface area contributed by atoms with Crippen molar-refractivity contribution in [2.24, 2.45) is 5.73 Å². The van der Waals surface area contributed by atoms with Crippen molar-refractivity contribution in [1.82, 2.24) is 10.6 Å². The number of carbonyl (C=O) groups excluding carboxylic acids is 3. The molecule has 0 aliphatic carbocycles. The van der Waals surface area contributed by atoms with E-state index in [0.717, 1.165) is 17.2 Å². The minimum Gasteiger partial charge on any atom is -0.347 e. The molecule has 0 aromatic heterocycles.